The first kappa shape index (κ1) is 9.26. The average molecular weight is 277 g/mol. The van der Waals surface area contributed by atoms with Crippen molar-refractivity contribution in [2.75, 3.05) is 7.11 Å². The second kappa shape index (κ2) is 3.72. The van der Waals surface area contributed by atoms with Gasteiger partial charge in [0.2, 0.25) is 0 Å². The van der Waals surface area contributed by atoms with Crippen molar-refractivity contribution in [1.29, 1.82) is 5.26 Å². The van der Waals surface area contributed by atoms with Crippen molar-refractivity contribution in [3.05, 3.63) is 27.1 Å². The van der Waals surface area contributed by atoms with E-state index in [2.05, 4.69) is 0 Å². The predicted octanol–water partition coefficient (Wildman–Crippen LogP) is 2.31. The van der Waals surface area contributed by atoms with Crippen LogP contribution >= 0.6 is 22.6 Å². The molecule has 0 atom stereocenters. The van der Waals surface area contributed by atoms with Crippen molar-refractivity contribution in [3.8, 4) is 11.8 Å². The molecule has 1 aromatic rings. The summed E-state index contributed by atoms with van der Waals surface area (Å²) in [7, 11) is 1.45. The first-order valence-electron chi connectivity index (χ1n) is 3.12. The molecule has 62 valence electrons. The molecule has 0 amide bonds. The van der Waals surface area contributed by atoms with E-state index >= 15 is 0 Å². The lowest BCUT2D eigenvalue weighted by Gasteiger charge is -2.03. The standard InChI is InChI=1S/C8H5FINO/c1-12-7-3-2-6(9)8(10)5(7)4-11/h2-3H,1H3. The minimum atomic E-state index is -0.395. The number of methoxy groups -OCH3 is 1. The van der Waals surface area contributed by atoms with Crippen LogP contribution in [0.25, 0.3) is 0 Å². The molecule has 0 spiro atoms. The summed E-state index contributed by atoms with van der Waals surface area (Å²) in [4.78, 5) is 0. The zero-order chi connectivity index (χ0) is 9.14. The average Bonchev–Trinajstić information content (AvgIpc) is 2.09. The maximum Gasteiger partial charge on any atom is 0.138 e. The fourth-order valence-electron chi connectivity index (χ4n) is 0.807. The number of rotatable bonds is 1. The highest BCUT2D eigenvalue weighted by atomic mass is 127. The van der Waals surface area contributed by atoms with Crippen molar-refractivity contribution in [2.45, 2.75) is 0 Å². The van der Waals surface area contributed by atoms with Gasteiger partial charge in [0.25, 0.3) is 0 Å². The SMILES string of the molecule is COc1ccc(F)c(I)c1C#N. The first-order valence-corrected chi connectivity index (χ1v) is 4.20. The van der Waals surface area contributed by atoms with Crippen LogP contribution in [0.1, 0.15) is 5.56 Å². The second-order valence-electron chi connectivity index (χ2n) is 2.05. The van der Waals surface area contributed by atoms with Gasteiger partial charge >= 0.3 is 0 Å². The molecule has 0 aliphatic heterocycles. The molecule has 0 radical (unpaired) electrons. The topological polar surface area (TPSA) is 33.0 Å². The largest absolute Gasteiger partial charge is 0.495 e. The molecule has 1 rings (SSSR count). The number of benzene rings is 1. The quantitative estimate of drug-likeness (QED) is 0.738. The normalized spacial score (nSPS) is 9.17. The summed E-state index contributed by atoms with van der Waals surface area (Å²) in [6, 6.07) is 4.60. The first-order chi connectivity index (χ1) is 5.70. The minimum absolute atomic E-state index is 0.248. The molecule has 0 saturated heterocycles. The van der Waals surface area contributed by atoms with Crippen LogP contribution in [0.4, 0.5) is 4.39 Å². The Morgan fingerprint density at radius 2 is 2.25 bits per heavy atom. The highest BCUT2D eigenvalue weighted by Crippen LogP contribution is 2.24. The van der Waals surface area contributed by atoms with Gasteiger partial charge in [0.05, 0.1) is 10.7 Å². The smallest absolute Gasteiger partial charge is 0.138 e. The van der Waals surface area contributed by atoms with Crippen LogP contribution in [0.5, 0.6) is 5.75 Å². The van der Waals surface area contributed by atoms with Crippen molar-refractivity contribution in [3.63, 3.8) is 0 Å². The Bertz CT molecular complexity index is 346. The maximum atomic E-state index is 12.9. The van der Waals surface area contributed by atoms with E-state index in [4.69, 9.17) is 10.00 Å². The van der Waals surface area contributed by atoms with Gasteiger partial charge in [0, 0.05) is 0 Å². The zero-order valence-corrected chi connectivity index (χ0v) is 8.42. The third-order valence-corrected chi connectivity index (χ3v) is 2.44. The van der Waals surface area contributed by atoms with Crippen LogP contribution in [0.2, 0.25) is 0 Å². The molecular formula is C8H5FINO. The highest BCUT2D eigenvalue weighted by Gasteiger charge is 2.10. The van der Waals surface area contributed by atoms with Gasteiger partial charge in [-0.3, -0.25) is 0 Å². The van der Waals surface area contributed by atoms with Gasteiger partial charge < -0.3 is 4.74 Å². The van der Waals surface area contributed by atoms with Crippen molar-refractivity contribution in [1.82, 2.24) is 0 Å². The van der Waals surface area contributed by atoms with Gasteiger partial charge in [0.1, 0.15) is 23.2 Å². The number of hydrogen-bond acceptors (Lipinski definition) is 2. The minimum Gasteiger partial charge on any atom is -0.495 e. The summed E-state index contributed by atoms with van der Waals surface area (Å²) < 4.78 is 18.0. The molecule has 4 heteroatoms. The Balaban J connectivity index is 3.38. The Morgan fingerprint density at radius 1 is 1.58 bits per heavy atom. The van der Waals surface area contributed by atoms with Gasteiger partial charge in [-0.2, -0.15) is 5.26 Å². The second-order valence-corrected chi connectivity index (χ2v) is 3.13. The van der Waals surface area contributed by atoms with E-state index in [1.807, 2.05) is 6.07 Å². The lowest BCUT2D eigenvalue weighted by atomic mass is 10.2. The van der Waals surface area contributed by atoms with Crippen LogP contribution in [0, 0.1) is 20.7 Å². The van der Waals surface area contributed by atoms with E-state index in [9.17, 15) is 4.39 Å². The van der Waals surface area contributed by atoms with Crippen LogP contribution in [0.3, 0.4) is 0 Å². The Kier molecular flexibility index (Phi) is 2.87. The molecule has 0 saturated carbocycles. The van der Waals surface area contributed by atoms with E-state index in [0.717, 1.165) is 0 Å². The van der Waals surface area contributed by atoms with Gasteiger partial charge in [-0.15, -0.1) is 0 Å². The molecule has 0 N–H and O–H groups in total. The van der Waals surface area contributed by atoms with Crippen LogP contribution in [-0.4, -0.2) is 7.11 Å². The van der Waals surface area contributed by atoms with E-state index in [-0.39, 0.29) is 5.56 Å². The number of nitriles is 1. The van der Waals surface area contributed by atoms with Gasteiger partial charge in [-0.1, -0.05) is 0 Å². The van der Waals surface area contributed by atoms with Crippen molar-refractivity contribution in [2.24, 2.45) is 0 Å². The van der Waals surface area contributed by atoms with Crippen molar-refractivity contribution >= 4 is 22.6 Å². The summed E-state index contributed by atoms with van der Waals surface area (Å²) in [5, 5.41) is 8.65. The fraction of sp³-hybridized carbons (Fsp3) is 0.125. The Hall–Kier alpha value is -0.830. The Labute approximate surface area is 83.1 Å². The fourth-order valence-corrected chi connectivity index (χ4v) is 1.37. The zero-order valence-electron chi connectivity index (χ0n) is 6.27. The summed E-state index contributed by atoms with van der Waals surface area (Å²) in [6.45, 7) is 0. The highest BCUT2D eigenvalue weighted by molar-refractivity contribution is 14.1. The summed E-state index contributed by atoms with van der Waals surface area (Å²) in [5.41, 5.74) is 0.248. The molecule has 0 aliphatic carbocycles. The van der Waals surface area contributed by atoms with Gasteiger partial charge in [-0.05, 0) is 34.7 Å². The van der Waals surface area contributed by atoms with Crippen LogP contribution in [0.15, 0.2) is 12.1 Å². The van der Waals surface area contributed by atoms with Crippen molar-refractivity contribution < 1.29 is 9.13 Å². The molecule has 0 aliphatic rings. The van der Waals surface area contributed by atoms with E-state index in [0.29, 0.717) is 9.32 Å². The lowest BCUT2D eigenvalue weighted by Crippen LogP contribution is -1.93. The molecule has 0 aromatic heterocycles. The summed E-state index contributed by atoms with van der Waals surface area (Å²) in [5.74, 6) is 0.0104. The predicted molar refractivity (Wildman–Crippen MR) is 50.4 cm³/mol. The molecule has 12 heavy (non-hydrogen) atoms. The summed E-state index contributed by atoms with van der Waals surface area (Å²) >= 11 is 1.78. The number of hydrogen-bond donors (Lipinski definition) is 0. The van der Waals surface area contributed by atoms with Gasteiger partial charge in [-0.25, -0.2) is 4.39 Å². The Morgan fingerprint density at radius 3 is 2.75 bits per heavy atom. The number of nitrogens with zero attached hydrogens (tertiary/aromatic N) is 1. The van der Waals surface area contributed by atoms with E-state index in [1.165, 1.54) is 19.2 Å². The van der Waals surface area contributed by atoms with E-state index < -0.39 is 5.82 Å². The van der Waals surface area contributed by atoms with Crippen LogP contribution < -0.4 is 4.74 Å². The lowest BCUT2D eigenvalue weighted by molar-refractivity contribution is 0.411. The molecule has 0 fully saturated rings. The molecule has 0 heterocycles. The van der Waals surface area contributed by atoms with E-state index in [1.54, 1.807) is 22.6 Å². The number of halogens is 2. The molecular weight excluding hydrogens is 272 g/mol. The van der Waals surface area contributed by atoms with Gasteiger partial charge in [0.15, 0.2) is 0 Å². The monoisotopic (exact) mass is 277 g/mol. The third-order valence-electron chi connectivity index (χ3n) is 1.39. The molecule has 0 unspecified atom stereocenters. The maximum absolute atomic E-state index is 12.9. The van der Waals surface area contributed by atoms with Crippen LogP contribution in [-0.2, 0) is 0 Å². The summed E-state index contributed by atoms with van der Waals surface area (Å²) in [6.07, 6.45) is 0. The number of ether oxygens (including phenoxy) is 1. The molecule has 1 aromatic carbocycles. The molecule has 0 bridgehead atoms. The third kappa shape index (κ3) is 1.50. The molecule has 2 nitrogen and oxygen atoms in total.